The van der Waals surface area contributed by atoms with Gasteiger partial charge in [0.1, 0.15) is 12.7 Å². The Labute approximate surface area is 258 Å². The predicted octanol–water partition coefficient (Wildman–Crippen LogP) is 5.16. The van der Waals surface area contributed by atoms with Gasteiger partial charge >= 0.3 is 30.1 Å². The van der Waals surface area contributed by atoms with Crippen LogP contribution in [0.25, 0.3) is 4.85 Å². The summed E-state index contributed by atoms with van der Waals surface area (Å²) in [7, 11) is 0. The first-order valence-corrected chi connectivity index (χ1v) is 14.0. The van der Waals surface area contributed by atoms with E-state index in [9.17, 15) is 19.2 Å². The molecule has 0 N–H and O–H groups in total. The van der Waals surface area contributed by atoms with Gasteiger partial charge in [0.05, 0.1) is 22.3 Å². The first kappa shape index (κ1) is 30.7. The Morgan fingerprint density at radius 1 is 0.533 bits per heavy atom. The molecule has 0 saturated carbocycles. The quantitative estimate of drug-likeness (QED) is 0.145. The molecule has 0 aliphatic carbocycles. The number of ether oxygens (including phenoxy) is 5. The first-order valence-electron chi connectivity index (χ1n) is 14.0. The van der Waals surface area contributed by atoms with Gasteiger partial charge in [0.25, 0.3) is 0 Å². The van der Waals surface area contributed by atoms with Crippen molar-refractivity contribution in [1.29, 1.82) is 0 Å². The van der Waals surface area contributed by atoms with Gasteiger partial charge in [-0.1, -0.05) is 72.8 Å². The molecule has 1 heterocycles. The number of carbonyl (C=O) groups is 4. The Morgan fingerprint density at radius 2 is 0.889 bits per heavy atom. The summed E-state index contributed by atoms with van der Waals surface area (Å²) in [5, 5.41) is 0. The lowest BCUT2D eigenvalue weighted by Crippen LogP contribution is -2.61. The highest BCUT2D eigenvalue weighted by molar-refractivity contribution is 5.91. The van der Waals surface area contributed by atoms with Crippen LogP contribution in [0.5, 0.6) is 0 Å². The summed E-state index contributed by atoms with van der Waals surface area (Å²) >= 11 is 0. The summed E-state index contributed by atoms with van der Waals surface area (Å²) in [5.74, 6) is -3.14. The fourth-order valence-corrected chi connectivity index (χ4v) is 4.65. The minimum Gasteiger partial charge on any atom is -0.459 e. The third-order valence-corrected chi connectivity index (χ3v) is 6.88. The summed E-state index contributed by atoms with van der Waals surface area (Å²) in [5.41, 5.74) is 0.771. The Balaban J connectivity index is 1.51. The second-order valence-corrected chi connectivity index (χ2v) is 9.87. The van der Waals surface area contributed by atoms with Gasteiger partial charge < -0.3 is 18.9 Å². The molecule has 0 aromatic heterocycles. The molecule has 0 amide bonds. The van der Waals surface area contributed by atoms with Crippen LogP contribution >= 0.6 is 0 Å². The monoisotopic (exact) mass is 605 g/mol. The van der Waals surface area contributed by atoms with Gasteiger partial charge in [-0.3, -0.25) is 9.58 Å². The molecule has 1 aliphatic rings. The lowest BCUT2D eigenvalue weighted by Gasteiger charge is -2.40. The van der Waals surface area contributed by atoms with Gasteiger partial charge in [-0.25, -0.2) is 25.8 Å². The van der Waals surface area contributed by atoms with Crippen LogP contribution in [0.4, 0.5) is 0 Å². The van der Waals surface area contributed by atoms with Crippen molar-refractivity contribution in [2.75, 3.05) is 6.61 Å². The minimum absolute atomic E-state index is 0.164. The molecule has 10 heteroatoms. The van der Waals surface area contributed by atoms with Crippen molar-refractivity contribution in [3.63, 3.8) is 0 Å². The van der Waals surface area contributed by atoms with Crippen LogP contribution < -0.4 is 0 Å². The van der Waals surface area contributed by atoms with E-state index >= 15 is 0 Å². The average Bonchev–Trinajstić information content (AvgIpc) is 3.10. The van der Waals surface area contributed by atoms with E-state index in [1.54, 1.807) is 84.9 Å². The lowest BCUT2D eigenvalue weighted by atomic mass is 9.97. The van der Waals surface area contributed by atoms with Crippen molar-refractivity contribution in [2.45, 2.75) is 30.6 Å². The molecule has 10 nitrogen and oxygen atoms in total. The Bertz CT molecular complexity index is 1660. The van der Waals surface area contributed by atoms with Gasteiger partial charge in [-0.15, -0.1) is 0 Å². The molecule has 0 spiro atoms. The standard InChI is InChI=1S/C35H27NO9/c1-36-31-30(45-35(40)26-20-12-5-13-21-26)29(44-34(39)25-18-10-4-11-19-25)28(43-33(38)24-16-8-3-9-17-24)27(42-31)22-41-32(37)23-14-6-2-7-15-23/h2-21,27-31H,22H2/t27-,28-,29+,30+,31+/m1/s1. The molecule has 1 aliphatic heterocycles. The number of nitrogens with zero attached hydrogens (tertiary/aromatic N) is 1. The molecule has 1 saturated heterocycles. The second kappa shape index (κ2) is 14.6. The van der Waals surface area contributed by atoms with E-state index in [-0.39, 0.29) is 22.3 Å². The topological polar surface area (TPSA) is 119 Å². The molecular weight excluding hydrogens is 578 g/mol. The number of rotatable bonds is 9. The summed E-state index contributed by atoms with van der Waals surface area (Å²) in [6.45, 7) is 7.37. The van der Waals surface area contributed by atoms with Gasteiger partial charge in [0.15, 0.2) is 12.2 Å². The molecule has 0 bridgehead atoms. The van der Waals surface area contributed by atoms with Gasteiger partial charge in [-0.05, 0) is 48.5 Å². The molecule has 1 fully saturated rings. The van der Waals surface area contributed by atoms with Crippen molar-refractivity contribution in [1.82, 2.24) is 0 Å². The Hall–Kier alpha value is -5.79. The number of benzene rings is 4. The SMILES string of the molecule is [C-]#[N+][C@H]1O[C@H](COC(=O)c2ccccc2)[C@@H](OC(=O)c2ccccc2)[C@H](OC(=O)c2ccccc2)[C@@H]1OC(=O)c1ccccc1. The minimum atomic E-state index is -1.54. The van der Waals surface area contributed by atoms with E-state index in [1.165, 1.54) is 36.4 Å². The number of esters is 4. The van der Waals surface area contributed by atoms with Crippen molar-refractivity contribution < 1.29 is 42.9 Å². The second-order valence-electron chi connectivity index (χ2n) is 9.87. The maximum atomic E-state index is 13.4. The predicted molar refractivity (Wildman–Crippen MR) is 159 cm³/mol. The highest BCUT2D eigenvalue weighted by atomic mass is 16.7. The van der Waals surface area contributed by atoms with E-state index in [2.05, 4.69) is 4.85 Å². The number of hydrogen-bond donors (Lipinski definition) is 0. The number of carbonyl (C=O) groups excluding carboxylic acids is 4. The van der Waals surface area contributed by atoms with E-state index in [0.717, 1.165) is 0 Å². The van der Waals surface area contributed by atoms with Crippen LogP contribution in [0.1, 0.15) is 41.4 Å². The third kappa shape index (κ3) is 7.60. The Kier molecular flexibility index (Phi) is 9.94. The van der Waals surface area contributed by atoms with Gasteiger partial charge in [0.2, 0.25) is 6.10 Å². The number of hydrogen-bond acceptors (Lipinski definition) is 9. The summed E-state index contributed by atoms with van der Waals surface area (Å²) in [6, 6.07) is 32.3. The maximum absolute atomic E-state index is 13.4. The summed E-state index contributed by atoms with van der Waals surface area (Å²) in [4.78, 5) is 56.2. The van der Waals surface area contributed by atoms with Crippen LogP contribution in [0.15, 0.2) is 121 Å². The molecule has 5 atom stereocenters. The molecule has 226 valence electrons. The highest BCUT2D eigenvalue weighted by Crippen LogP contribution is 2.31. The first-order chi connectivity index (χ1) is 21.9. The van der Waals surface area contributed by atoms with E-state index in [4.69, 9.17) is 30.3 Å². The average molecular weight is 606 g/mol. The van der Waals surface area contributed by atoms with E-state index < -0.39 is 61.1 Å². The smallest absolute Gasteiger partial charge is 0.369 e. The molecule has 0 radical (unpaired) electrons. The van der Waals surface area contributed by atoms with Gasteiger partial charge in [-0.2, -0.15) is 0 Å². The van der Waals surface area contributed by atoms with Crippen molar-refractivity contribution in [3.8, 4) is 0 Å². The van der Waals surface area contributed by atoms with Crippen LogP contribution in [0, 0.1) is 6.57 Å². The highest BCUT2D eigenvalue weighted by Gasteiger charge is 2.56. The molecule has 45 heavy (non-hydrogen) atoms. The zero-order valence-electron chi connectivity index (χ0n) is 23.8. The van der Waals surface area contributed by atoms with Gasteiger partial charge in [0, 0.05) is 0 Å². The Morgan fingerprint density at radius 3 is 1.29 bits per heavy atom. The molecule has 4 aromatic rings. The van der Waals surface area contributed by atoms with E-state index in [1.807, 2.05) is 0 Å². The lowest BCUT2D eigenvalue weighted by molar-refractivity contribution is -0.218. The van der Waals surface area contributed by atoms with Crippen LogP contribution in [0.3, 0.4) is 0 Å². The van der Waals surface area contributed by atoms with Crippen molar-refractivity contribution >= 4 is 23.9 Å². The molecular formula is C35H27NO9. The summed E-state index contributed by atoms with van der Waals surface area (Å²) in [6.07, 6.45) is -7.34. The zero-order chi connectivity index (χ0) is 31.6. The van der Waals surface area contributed by atoms with Crippen LogP contribution in [-0.4, -0.2) is 61.1 Å². The zero-order valence-corrected chi connectivity index (χ0v) is 23.8. The van der Waals surface area contributed by atoms with Crippen molar-refractivity contribution in [2.24, 2.45) is 0 Å². The fraction of sp³-hybridized carbons (Fsp3) is 0.171. The largest absolute Gasteiger partial charge is 0.459 e. The normalized spacial score (nSPS) is 20.6. The molecule has 4 aromatic carbocycles. The molecule has 0 unspecified atom stereocenters. The van der Waals surface area contributed by atoms with Crippen LogP contribution in [-0.2, 0) is 23.7 Å². The van der Waals surface area contributed by atoms with Crippen molar-refractivity contribution in [3.05, 3.63) is 155 Å². The third-order valence-electron chi connectivity index (χ3n) is 6.88. The fourth-order valence-electron chi connectivity index (χ4n) is 4.65. The van der Waals surface area contributed by atoms with E-state index in [0.29, 0.717) is 0 Å². The van der Waals surface area contributed by atoms with Crippen LogP contribution in [0.2, 0.25) is 0 Å². The molecule has 5 rings (SSSR count). The maximum Gasteiger partial charge on any atom is 0.369 e. The summed E-state index contributed by atoms with van der Waals surface area (Å²) < 4.78 is 28.9.